The van der Waals surface area contributed by atoms with Crippen molar-refractivity contribution in [2.24, 2.45) is 7.05 Å². The van der Waals surface area contributed by atoms with Gasteiger partial charge in [-0.25, -0.2) is 4.68 Å². The van der Waals surface area contributed by atoms with E-state index in [2.05, 4.69) is 26.2 Å². The van der Waals surface area contributed by atoms with Gasteiger partial charge in [0, 0.05) is 18.3 Å². The molecular formula is C11H8BrF3N4O. The number of aryl methyl sites for hydroxylation is 1. The summed E-state index contributed by atoms with van der Waals surface area (Å²) in [5, 5.41) is 7.21. The number of carbonyl (C=O) groups is 1. The highest BCUT2D eigenvalue weighted by molar-refractivity contribution is 9.10. The number of carbonyl (C=O) groups excluding carboxylic acids is 1. The zero-order valence-corrected chi connectivity index (χ0v) is 11.7. The molecule has 1 aromatic heterocycles. The molecular weight excluding hydrogens is 341 g/mol. The number of aromatic nitrogens is 3. The van der Waals surface area contributed by atoms with Crippen molar-refractivity contribution < 1.29 is 18.0 Å². The third kappa shape index (κ3) is 2.53. The molecule has 106 valence electrons. The molecule has 0 amide bonds. The van der Waals surface area contributed by atoms with Crippen LogP contribution in [0, 0.1) is 0 Å². The highest BCUT2D eigenvalue weighted by Gasteiger charge is 2.32. The first-order valence-corrected chi connectivity index (χ1v) is 6.07. The van der Waals surface area contributed by atoms with Gasteiger partial charge in [0.15, 0.2) is 4.60 Å². The topological polar surface area (TPSA) is 73.8 Å². The molecule has 0 radical (unpaired) electrons. The minimum absolute atomic E-state index is 0.0241. The monoisotopic (exact) mass is 348 g/mol. The summed E-state index contributed by atoms with van der Waals surface area (Å²) in [6, 6.07) is 2.59. The van der Waals surface area contributed by atoms with Crippen LogP contribution in [0.1, 0.15) is 21.6 Å². The fourth-order valence-electron chi connectivity index (χ4n) is 1.63. The minimum atomic E-state index is -4.55. The summed E-state index contributed by atoms with van der Waals surface area (Å²) in [7, 11) is 1.45. The third-order valence-corrected chi connectivity index (χ3v) is 3.16. The molecule has 1 aromatic carbocycles. The summed E-state index contributed by atoms with van der Waals surface area (Å²) >= 11 is 3.02. The van der Waals surface area contributed by atoms with Gasteiger partial charge in [-0.3, -0.25) is 4.79 Å². The number of alkyl halides is 3. The maximum atomic E-state index is 12.7. The number of nitrogens with zero attached hydrogens (tertiary/aromatic N) is 3. The van der Waals surface area contributed by atoms with Crippen LogP contribution in [0.15, 0.2) is 22.8 Å². The van der Waals surface area contributed by atoms with Crippen LogP contribution in [0.5, 0.6) is 0 Å². The lowest BCUT2D eigenvalue weighted by molar-refractivity contribution is -0.137. The van der Waals surface area contributed by atoms with Gasteiger partial charge in [0.1, 0.15) is 5.69 Å². The zero-order valence-electron chi connectivity index (χ0n) is 10.1. The summed E-state index contributed by atoms with van der Waals surface area (Å²) < 4.78 is 39.3. The number of nitrogens with two attached hydrogens (primary N) is 1. The van der Waals surface area contributed by atoms with Crippen LogP contribution < -0.4 is 5.73 Å². The molecule has 0 saturated heterocycles. The molecule has 5 nitrogen and oxygen atoms in total. The van der Waals surface area contributed by atoms with Crippen LogP contribution in [-0.2, 0) is 13.2 Å². The van der Waals surface area contributed by atoms with E-state index in [1.807, 2.05) is 0 Å². The molecule has 0 saturated carbocycles. The molecule has 1 heterocycles. The summed E-state index contributed by atoms with van der Waals surface area (Å²) in [6.45, 7) is 0. The van der Waals surface area contributed by atoms with E-state index in [9.17, 15) is 18.0 Å². The van der Waals surface area contributed by atoms with Crippen molar-refractivity contribution >= 4 is 27.4 Å². The Bertz CT molecular complexity index is 661. The normalized spacial score (nSPS) is 11.7. The van der Waals surface area contributed by atoms with Crippen molar-refractivity contribution in [2.75, 3.05) is 5.73 Å². The molecule has 0 aliphatic carbocycles. The minimum Gasteiger partial charge on any atom is -0.398 e. The molecule has 2 aromatic rings. The average Bonchev–Trinajstić information content (AvgIpc) is 2.67. The van der Waals surface area contributed by atoms with Crippen molar-refractivity contribution in [1.82, 2.24) is 15.0 Å². The van der Waals surface area contributed by atoms with E-state index in [-0.39, 0.29) is 21.5 Å². The number of hydrogen-bond donors (Lipinski definition) is 1. The Balaban J connectivity index is 2.55. The molecule has 9 heteroatoms. The lowest BCUT2D eigenvalue weighted by Crippen LogP contribution is -2.13. The van der Waals surface area contributed by atoms with E-state index in [1.165, 1.54) is 7.05 Å². The van der Waals surface area contributed by atoms with E-state index in [4.69, 9.17) is 5.73 Å². The second-order valence-corrected chi connectivity index (χ2v) is 4.73. The van der Waals surface area contributed by atoms with Crippen LogP contribution in [0.25, 0.3) is 0 Å². The Hall–Kier alpha value is -1.90. The Kier molecular flexibility index (Phi) is 3.55. The van der Waals surface area contributed by atoms with E-state index >= 15 is 0 Å². The number of nitrogen functional groups attached to an aromatic ring is 1. The Labute approximate surface area is 119 Å². The van der Waals surface area contributed by atoms with Crippen LogP contribution in [0.2, 0.25) is 0 Å². The first-order chi connectivity index (χ1) is 9.21. The second kappa shape index (κ2) is 4.89. The van der Waals surface area contributed by atoms with Crippen LogP contribution in [0.4, 0.5) is 18.9 Å². The molecule has 20 heavy (non-hydrogen) atoms. The fourth-order valence-corrected chi connectivity index (χ4v) is 2.14. The standard InChI is InChI=1S/C11H8BrF3N4O/c1-19-8(10(12)17-18-19)9(20)6-4-5(11(13,14)15)2-3-7(6)16/h2-4H,16H2,1H3. The lowest BCUT2D eigenvalue weighted by atomic mass is 10.0. The molecule has 2 rings (SSSR count). The lowest BCUT2D eigenvalue weighted by Gasteiger charge is -2.10. The second-order valence-electron chi connectivity index (χ2n) is 3.98. The molecule has 0 spiro atoms. The average molecular weight is 349 g/mol. The summed E-state index contributed by atoms with van der Waals surface area (Å²) in [5.41, 5.74) is 4.38. The van der Waals surface area contributed by atoms with Gasteiger partial charge < -0.3 is 5.73 Å². The molecule has 0 aliphatic heterocycles. The molecule has 0 bridgehead atoms. The largest absolute Gasteiger partial charge is 0.416 e. The predicted octanol–water partition coefficient (Wildman–Crippen LogP) is 2.41. The number of hydrogen-bond acceptors (Lipinski definition) is 4. The van der Waals surface area contributed by atoms with E-state index < -0.39 is 17.5 Å². The summed E-state index contributed by atoms with van der Waals surface area (Å²) in [4.78, 5) is 12.3. The Morgan fingerprint density at radius 1 is 1.40 bits per heavy atom. The Morgan fingerprint density at radius 3 is 2.55 bits per heavy atom. The quantitative estimate of drug-likeness (QED) is 0.668. The van der Waals surface area contributed by atoms with Gasteiger partial charge >= 0.3 is 6.18 Å². The highest BCUT2D eigenvalue weighted by Crippen LogP contribution is 2.32. The number of halogens is 4. The first-order valence-electron chi connectivity index (χ1n) is 5.28. The third-order valence-electron chi connectivity index (χ3n) is 2.63. The van der Waals surface area contributed by atoms with Gasteiger partial charge in [-0.1, -0.05) is 5.21 Å². The first kappa shape index (κ1) is 14.5. The SMILES string of the molecule is Cn1nnc(Br)c1C(=O)c1cc(C(F)(F)F)ccc1N. The number of benzene rings is 1. The van der Waals surface area contributed by atoms with Crippen molar-refractivity contribution in [3.63, 3.8) is 0 Å². The van der Waals surface area contributed by atoms with E-state index in [0.717, 1.165) is 22.9 Å². The number of ketones is 1. The maximum Gasteiger partial charge on any atom is 0.416 e. The highest BCUT2D eigenvalue weighted by atomic mass is 79.9. The van der Waals surface area contributed by atoms with Crippen LogP contribution >= 0.6 is 15.9 Å². The van der Waals surface area contributed by atoms with Crippen molar-refractivity contribution in [1.29, 1.82) is 0 Å². The maximum absolute atomic E-state index is 12.7. The van der Waals surface area contributed by atoms with E-state index in [0.29, 0.717) is 0 Å². The van der Waals surface area contributed by atoms with Gasteiger partial charge in [0.05, 0.1) is 5.56 Å². The van der Waals surface area contributed by atoms with Gasteiger partial charge in [0.25, 0.3) is 0 Å². The van der Waals surface area contributed by atoms with Crippen LogP contribution in [0.3, 0.4) is 0 Å². The van der Waals surface area contributed by atoms with E-state index in [1.54, 1.807) is 0 Å². The van der Waals surface area contributed by atoms with Crippen molar-refractivity contribution in [3.8, 4) is 0 Å². The Morgan fingerprint density at radius 2 is 2.05 bits per heavy atom. The summed E-state index contributed by atoms with van der Waals surface area (Å²) in [5.74, 6) is -0.687. The molecule has 0 fully saturated rings. The van der Waals surface area contributed by atoms with Gasteiger partial charge in [-0.05, 0) is 34.1 Å². The van der Waals surface area contributed by atoms with Gasteiger partial charge in [-0.2, -0.15) is 13.2 Å². The molecule has 2 N–H and O–H groups in total. The number of anilines is 1. The van der Waals surface area contributed by atoms with Gasteiger partial charge in [0.2, 0.25) is 5.78 Å². The van der Waals surface area contributed by atoms with Crippen molar-refractivity contribution in [2.45, 2.75) is 6.18 Å². The fraction of sp³-hybridized carbons (Fsp3) is 0.182. The zero-order chi connectivity index (χ0) is 15.1. The van der Waals surface area contributed by atoms with Gasteiger partial charge in [-0.15, -0.1) is 5.10 Å². The summed E-state index contributed by atoms with van der Waals surface area (Å²) in [6.07, 6.45) is -4.55. The molecule has 0 atom stereocenters. The number of rotatable bonds is 2. The predicted molar refractivity (Wildman–Crippen MR) is 68.0 cm³/mol. The van der Waals surface area contributed by atoms with Crippen molar-refractivity contribution in [3.05, 3.63) is 39.6 Å². The molecule has 0 unspecified atom stereocenters. The molecule has 0 aliphatic rings. The van der Waals surface area contributed by atoms with Crippen LogP contribution in [-0.4, -0.2) is 20.8 Å². The smallest absolute Gasteiger partial charge is 0.398 e.